The molecule has 0 spiro atoms. The van der Waals surface area contributed by atoms with E-state index in [2.05, 4.69) is 5.32 Å². The van der Waals surface area contributed by atoms with Crippen molar-refractivity contribution < 1.29 is 14.0 Å². The van der Waals surface area contributed by atoms with Gasteiger partial charge in [-0.2, -0.15) is 0 Å². The SMILES string of the molecule is CN(C)C(=O)c1ccc(CNC(=O)CCc2ccc(F)cc2)cc1. The van der Waals surface area contributed by atoms with Crippen LogP contribution in [0.25, 0.3) is 0 Å². The smallest absolute Gasteiger partial charge is 0.253 e. The second-order valence-corrected chi connectivity index (χ2v) is 5.80. The van der Waals surface area contributed by atoms with Crippen molar-refractivity contribution in [1.29, 1.82) is 0 Å². The molecule has 0 saturated carbocycles. The average molecular weight is 328 g/mol. The molecule has 0 atom stereocenters. The summed E-state index contributed by atoms with van der Waals surface area (Å²) < 4.78 is 12.8. The molecule has 126 valence electrons. The number of amides is 2. The number of nitrogens with zero attached hydrogens (tertiary/aromatic N) is 1. The van der Waals surface area contributed by atoms with Crippen molar-refractivity contribution in [1.82, 2.24) is 10.2 Å². The fourth-order valence-electron chi connectivity index (χ4n) is 2.22. The van der Waals surface area contributed by atoms with Gasteiger partial charge in [-0.15, -0.1) is 0 Å². The maximum atomic E-state index is 12.8. The summed E-state index contributed by atoms with van der Waals surface area (Å²) in [4.78, 5) is 25.2. The molecule has 0 bridgehead atoms. The first-order chi connectivity index (χ1) is 11.5. The topological polar surface area (TPSA) is 49.4 Å². The van der Waals surface area contributed by atoms with Gasteiger partial charge in [0.1, 0.15) is 5.82 Å². The number of halogens is 1. The molecule has 2 amide bonds. The van der Waals surface area contributed by atoms with Gasteiger partial charge in [-0.1, -0.05) is 24.3 Å². The Kier molecular flexibility index (Phi) is 6.07. The van der Waals surface area contributed by atoms with Crippen molar-refractivity contribution in [2.24, 2.45) is 0 Å². The van der Waals surface area contributed by atoms with Crippen LogP contribution in [0.4, 0.5) is 4.39 Å². The predicted octanol–water partition coefficient (Wildman–Crippen LogP) is 2.78. The molecular formula is C19H21FN2O2. The third-order valence-electron chi connectivity index (χ3n) is 3.65. The monoisotopic (exact) mass is 328 g/mol. The largest absolute Gasteiger partial charge is 0.352 e. The molecule has 0 saturated heterocycles. The molecule has 2 rings (SSSR count). The van der Waals surface area contributed by atoms with E-state index in [0.29, 0.717) is 24.9 Å². The fraction of sp³-hybridized carbons (Fsp3) is 0.263. The summed E-state index contributed by atoms with van der Waals surface area (Å²) in [6.45, 7) is 0.415. The van der Waals surface area contributed by atoms with Crippen LogP contribution in [0.5, 0.6) is 0 Å². The van der Waals surface area contributed by atoms with E-state index in [9.17, 15) is 14.0 Å². The first-order valence-corrected chi connectivity index (χ1v) is 7.77. The van der Waals surface area contributed by atoms with Crippen LogP contribution in [0.2, 0.25) is 0 Å². The van der Waals surface area contributed by atoms with Crippen molar-refractivity contribution in [2.75, 3.05) is 14.1 Å². The van der Waals surface area contributed by atoms with Crippen LogP contribution < -0.4 is 5.32 Å². The highest BCUT2D eigenvalue weighted by atomic mass is 19.1. The lowest BCUT2D eigenvalue weighted by atomic mass is 10.1. The number of rotatable bonds is 6. The molecule has 0 aliphatic carbocycles. The maximum absolute atomic E-state index is 12.8. The Balaban J connectivity index is 1.79. The molecule has 4 nitrogen and oxygen atoms in total. The van der Waals surface area contributed by atoms with Crippen LogP contribution in [-0.4, -0.2) is 30.8 Å². The number of carbonyl (C=O) groups is 2. The molecule has 2 aromatic rings. The molecule has 0 fully saturated rings. The Morgan fingerprint density at radius 2 is 1.54 bits per heavy atom. The van der Waals surface area contributed by atoms with Gasteiger partial charge in [-0.25, -0.2) is 4.39 Å². The second kappa shape index (κ2) is 8.24. The molecule has 0 radical (unpaired) electrons. The fourth-order valence-corrected chi connectivity index (χ4v) is 2.22. The Hall–Kier alpha value is -2.69. The van der Waals surface area contributed by atoms with E-state index in [1.165, 1.54) is 17.0 Å². The van der Waals surface area contributed by atoms with Gasteiger partial charge in [0.25, 0.3) is 5.91 Å². The van der Waals surface area contributed by atoms with Crippen molar-refractivity contribution in [3.8, 4) is 0 Å². The van der Waals surface area contributed by atoms with Gasteiger partial charge in [0.15, 0.2) is 0 Å². The summed E-state index contributed by atoms with van der Waals surface area (Å²) in [5.41, 5.74) is 2.48. The van der Waals surface area contributed by atoms with Crippen molar-refractivity contribution in [2.45, 2.75) is 19.4 Å². The Bertz CT molecular complexity index is 694. The number of aryl methyl sites for hydroxylation is 1. The first kappa shape index (κ1) is 17.7. The lowest BCUT2D eigenvalue weighted by Crippen LogP contribution is -2.23. The van der Waals surface area contributed by atoms with Gasteiger partial charge in [0, 0.05) is 32.6 Å². The summed E-state index contributed by atoms with van der Waals surface area (Å²) in [6, 6.07) is 13.3. The van der Waals surface area contributed by atoms with Gasteiger partial charge in [-0.05, 0) is 41.8 Å². The van der Waals surface area contributed by atoms with Gasteiger partial charge < -0.3 is 10.2 Å². The molecule has 5 heteroatoms. The van der Waals surface area contributed by atoms with Gasteiger partial charge >= 0.3 is 0 Å². The van der Waals surface area contributed by atoms with E-state index in [4.69, 9.17) is 0 Å². The predicted molar refractivity (Wildman–Crippen MR) is 91.0 cm³/mol. The van der Waals surface area contributed by atoms with Crippen LogP contribution in [0.3, 0.4) is 0 Å². The summed E-state index contributed by atoms with van der Waals surface area (Å²) in [5.74, 6) is -0.392. The summed E-state index contributed by atoms with van der Waals surface area (Å²) >= 11 is 0. The second-order valence-electron chi connectivity index (χ2n) is 5.80. The minimum Gasteiger partial charge on any atom is -0.352 e. The molecule has 0 heterocycles. The first-order valence-electron chi connectivity index (χ1n) is 7.77. The molecule has 0 aliphatic heterocycles. The third kappa shape index (κ3) is 5.19. The molecule has 2 aromatic carbocycles. The zero-order valence-electron chi connectivity index (χ0n) is 13.9. The minimum absolute atomic E-state index is 0.0510. The Morgan fingerprint density at radius 3 is 2.12 bits per heavy atom. The normalized spacial score (nSPS) is 10.3. The lowest BCUT2D eigenvalue weighted by molar-refractivity contribution is -0.121. The Morgan fingerprint density at radius 1 is 0.958 bits per heavy atom. The van der Waals surface area contributed by atoms with E-state index >= 15 is 0 Å². The van der Waals surface area contributed by atoms with Crippen LogP contribution in [-0.2, 0) is 17.8 Å². The third-order valence-corrected chi connectivity index (χ3v) is 3.65. The van der Waals surface area contributed by atoms with Gasteiger partial charge in [0.2, 0.25) is 5.91 Å². The molecule has 0 unspecified atom stereocenters. The number of hydrogen-bond donors (Lipinski definition) is 1. The standard InChI is InChI=1S/C19H21FN2O2/c1-22(2)19(24)16-8-3-15(4-9-16)13-21-18(23)12-7-14-5-10-17(20)11-6-14/h3-6,8-11H,7,12-13H2,1-2H3,(H,21,23). The number of hydrogen-bond acceptors (Lipinski definition) is 2. The molecular weight excluding hydrogens is 307 g/mol. The summed E-state index contributed by atoms with van der Waals surface area (Å²) in [6.07, 6.45) is 0.922. The summed E-state index contributed by atoms with van der Waals surface area (Å²) in [7, 11) is 3.41. The highest BCUT2D eigenvalue weighted by molar-refractivity contribution is 5.93. The highest BCUT2D eigenvalue weighted by Crippen LogP contribution is 2.08. The number of benzene rings is 2. The van der Waals surface area contributed by atoms with Crippen molar-refractivity contribution in [3.05, 3.63) is 71.0 Å². The maximum Gasteiger partial charge on any atom is 0.253 e. The minimum atomic E-state index is -0.278. The number of nitrogens with one attached hydrogen (secondary N) is 1. The summed E-state index contributed by atoms with van der Waals surface area (Å²) in [5, 5.41) is 2.84. The average Bonchev–Trinajstić information content (AvgIpc) is 2.59. The zero-order chi connectivity index (χ0) is 17.5. The lowest BCUT2D eigenvalue weighted by Gasteiger charge is -2.11. The molecule has 0 aromatic heterocycles. The van der Waals surface area contributed by atoms with E-state index in [1.54, 1.807) is 38.4 Å². The molecule has 0 aliphatic rings. The molecule has 1 N–H and O–H groups in total. The van der Waals surface area contributed by atoms with Gasteiger partial charge in [-0.3, -0.25) is 9.59 Å². The van der Waals surface area contributed by atoms with Crippen LogP contribution >= 0.6 is 0 Å². The van der Waals surface area contributed by atoms with Crippen LogP contribution in [0, 0.1) is 5.82 Å². The quantitative estimate of drug-likeness (QED) is 0.886. The zero-order valence-corrected chi connectivity index (χ0v) is 13.9. The van der Waals surface area contributed by atoms with Crippen molar-refractivity contribution in [3.63, 3.8) is 0 Å². The Labute approximate surface area is 141 Å². The molecule has 24 heavy (non-hydrogen) atoms. The van der Waals surface area contributed by atoms with E-state index in [0.717, 1.165) is 11.1 Å². The van der Waals surface area contributed by atoms with Gasteiger partial charge in [0.05, 0.1) is 0 Å². The van der Waals surface area contributed by atoms with Crippen LogP contribution in [0.1, 0.15) is 27.9 Å². The van der Waals surface area contributed by atoms with E-state index in [-0.39, 0.29) is 17.6 Å². The number of carbonyl (C=O) groups excluding carboxylic acids is 2. The van der Waals surface area contributed by atoms with E-state index in [1.807, 2.05) is 12.1 Å². The van der Waals surface area contributed by atoms with Crippen molar-refractivity contribution >= 4 is 11.8 Å². The highest BCUT2D eigenvalue weighted by Gasteiger charge is 2.07. The van der Waals surface area contributed by atoms with Crippen LogP contribution in [0.15, 0.2) is 48.5 Å². The van der Waals surface area contributed by atoms with E-state index < -0.39 is 0 Å².